The number of aliphatic hydroxyl groups is 1. The molecule has 0 saturated heterocycles. The van der Waals surface area contributed by atoms with E-state index in [9.17, 15) is 0 Å². The highest BCUT2D eigenvalue weighted by Crippen LogP contribution is 2.17. The Labute approximate surface area is 96.3 Å². The lowest BCUT2D eigenvalue weighted by Gasteiger charge is -2.14. The molecule has 0 fully saturated rings. The molecular formula is C12H18ClNO. The number of nitrogens with one attached hydrogen (secondary N) is 1. The summed E-state index contributed by atoms with van der Waals surface area (Å²) in [5, 5.41) is 12.8. The van der Waals surface area contributed by atoms with Crippen LogP contribution in [0.2, 0.25) is 5.02 Å². The lowest BCUT2D eigenvalue weighted by atomic mass is 10.1. The standard InChI is InChI=1S/C12H18ClNO/c1-10(14-7-2-3-8-15)11-5-4-6-12(13)9-11/h4-6,9-10,14-15H,2-3,7-8H2,1H3/t10-/m1/s1. The molecule has 0 amide bonds. The van der Waals surface area contributed by atoms with Gasteiger partial charge in [-0.25, -0.2) is 0 Å². The summed E-state index contributed by atoms with van der Waals surface area (Å²) >= 11 is 5.91. The molecule has 0 unspecified atom stereocenters. The molecule has 0 aliphatic heterocycles. The number of hydrogen-bond acceptors (Lipinski definition) is 2. The summed E-state index contributed by atoms with van der Waals surface area (Å²) in [6.07, 6.45) is 1.86. The minimum atomic E-state index is 0.271. The molecule has 3 heteroatoms. The van der Waals surface area contributed by atoms with Gasteiger partial charge in [0, 0.05) is 17.7 Å². The van der Waals surface area contributed by atoms with E-state index in [1.54, 1.807) is 0 Å². The molecule has 2 nitrogen and oxygen atoms in total. The van der Waals surface area contributed by atoms with E-state index in [1.807, 2.05) is 18.2 Å². The average Bonchev–Trinajstić information content (AvgIpc) is 2.24. The fraction of sp³-hybridized carbons (Fsp3) is 0.500. The van der Waals surface area contributed by atoms with Gasteiger partial charge in [0.2, 0.25) is 0 Å². The van der Waals surface area contributed by atoms with Gasteiger partial charge in [-0.15, -0.1) is 0 Å². The second kappa shape index (κ2) is 6.83. The number of hydrogen-bond donors (Lipinski definition) is 2. The van der Waals surface area contributed by atoms with E-state index in [-0.39, 0.29) is 6.61 Å². The van der Waals surface area contributed by atoms with Crippen LogP contribution < -0.4 is 5.32 Å². The minimum Gasteiger partial charge on any atom is -0.396 e. The topological polar surface area (TPSA) is 32.3 Å². The van der Waals surface area contributed by atoms with Gasteiger partial charge in [-0.2, -0.15) is 0 Å². The molecule has 15 heavy (non-hydrogen) atoms. The van der Waals surface area contributed by atoms with E-state index in [0.29, 0.717) is 6.04 Å². The summed E-state index contributed by atoms with van der Waals surface area (Å²) in [6.45, 7) is 3.31. The Morgan fingerprint density at radius 3 is 2.87 bits per heavy atom. The summed E-state index contributed by atoms with van der Waals surface area (Å²) in [4.78, 5) is 0. The van der Waals surface area contributed by atoms with Gasteiger partial charge in [-0.3, -0.25) is 0 Å². The van der Waals surface area contributed by atoms with Crippen LogP contribution >= 0.6 is 11.6 Å². The maximum absolute atomic E-state index is 8.64. The van der Waals surface area contributed by atoms with E-state index in [0.717, 1.165) is 24.4 Å². The molecule has 0 bridgehead atoms. The Morgan fingerprint density at radius 2 is 2.20 bits per heavy atom. The third-order valence-electron chi connectivity index (χ3n) is 2.38. The molecule has 0 radical (unpaired) electrons. The zero-order chi connectivity index (χ0) is 11.1. The summed E-state index contributed by atoms with van der Waals surface area (Å²) in [7, 11) is 0. The fourth-order valence-electron chi connectivity index (χ4n) is 1.45. The number of unbranched alkanes of at least 4 members (excludes halogenated alkanes) is 1. The molecule has 0 saturated carbocycles. The molecule has 0 heterocycles. The second-order valence-electron chi connectivity index (χ2n) is 3.66. The van der Waals surface area contributed by atoms with Crippen LogP contribution in [-0.4, -0.2) is 18.3 Å². The first-order valence-corrected chi connectivity index (χ1v) is 5.71. The largest absolute Gasteiger partial charge is 0.396 e. The number of halogens is 1. The zero-order valence-electron chi connectivity index (χ0n) is 9.04. The molecule has 0 aromatic heterocycles. The molecule has 0 spiro atoms. The van der Waals surface area contributed by atoms with Crippen molar-refractivity contribution >= 4 is 11.6 Å². The van der Waals surface area contributed by atoms with Crippen LogP contribution in [0.3, 0.4) is 0 Å². The maximum atomic E-state index is 8.64. The lowest BCUT2D eigenvalue weighted by molar-refractivity contribution is 0.283. The van der Waals surface area contributed by atoms with Crippen molar-refractivity contribution in [3.05, 3.63) is 34.9 Å². The number of aliphatic hydroxyl groups excluding tert-OH is 1. The van der Waals surface area contributed by atoms with Gasteiger partial charge in [0.15, 0.2) is 0 Å². The molecule has 1 aromatic rings. The smallest absolute Gasteiger partial charge is 0.0431 e. The van der Waals surface area contributed by atoms with E-state index < -0.39 is 0 Å². The molecule has 0 aliphatic carbocycles. The normalized spacial score (nSPS) is 12.7. The van der Waals surface area contributed by atoms with Crippen LogP contribution in [0.4, 0.5) is 0 Å². The molecule has 2 N–H and O–H groups in total. The van der Waals surface area contributed by atoms with Crippen molar-refractivity contribution in [1.82, 2.24) is 5.32 Å². The van der Waals surface area contributed by atoms with Gasteiger partial charge < -0.3 is 10.4 Å². The molecular weight excluding hydrogens is 210 g/mol. The first kappa shape index (κ1) is 12.5. The lowest BCUT2D eigenvalue weighted by Crippen LogP contribution is -2.19. The summed E-state index contributed by atoms with van der Waals surface area (Å²) < 4.78 is 0. The first-order chi connectivity index (χ1) is 7.24. The Hall–Kier alpha value is -0.570. The van der Waals surface area contributed by atoms with E-state index in [1.165, 1.54) is 5.56 Å². The Bertz CT molecular complexity index is 291. The van der Waals surface area contributed by atoms with Crippen molar-refractivity contribution < 1.29 is 5.11 Å². The van der Waals surface area contributed by atoms with Crippen molar-refractivity contribution in [1.29, 1.82) is 0 Å². The van der Waals surface area contributed by atoms with E-state index in [4.69, 9.17) is 16.7 Å². The van der Waals surface area contributed by atoms with Crippen molar-refractivity contribution in [3.8, 4) is 0 Å². The van der Waals surface area contributed by atoms with E-state index in [2.05, 4.69) is 18.3 Å². The Balaban J connectivity index is 2.36. The second-order valence-corrected chi connectivity index (χ2v) is 4.10. The quantitative estimate of drug-likeness (QED) is 0.733. The van der Waals surface area contributed by atoms with Crippen LogP contribution in [0.15, 0.2) is 24.3 Å². The van der Waals surface area contributed by atoms with E-state index >= 15 is 0 Å². The summed E-state index contributed by atoms with van der Waals surface area (Å²) in [5.41, 5.74) is 1.20. The molecule has 1 atom stereocenters. The predicted octanol–water partition coefficient (Wildman–Crippen LogP) is 2.76. The van der Waals surface area contributed by atoms with Crippen LogP contribution in [0.1, 0.15) is 31.4 Å². The van der Waals surface area contributed by atoms with Crippen molar-refractivity contribution in [2.24, 2.45) is 0 Å². The number of rotatable bonds is 6. The molecule has 1 rings (SSSR count). The third-order valence-corrected chi connectivity index (χ3v) is 2.62. The van der Waals surface area contributed by atoms with Gasteiger partial charge in [0.1, 0.15) is 0 Å². The van der Waals surface area contributed by atoms with Crippen LogP contribution in [0, 0.1) is 0 Å². The molecule has 0 aliphatic rings. The van der Waals surface area contributed by atoms with Crippen molar-refractivity contribution in [2.75, 3.05) is 13.2 Å². The van der Waals surface area contributed by atoms with Crippen molar-refractivity contribution in [3.63, 3.8) is 0 Å². The first-order valence-electron chi connectivity index (χ1n) is 5.33. The Morgan fingerprint density at radius 1 is 1.40 bits per heavy atom. The van der Waals surface area contributed by atoms with Crippen LogP contribution in [0.25, 0.3) is 0 Å². The number of benzene rings is 1. The molecule has 1 aromatic carbocycles. The fourth-order valence-corrected chi connectivity index (χ4v) is 1.65. The van der Waals surface area contributed by atoms with Crippen molar-refractivity contribution in [2.45, 2.75) is 25.8 Å². The van der Waals surface area contributed by atoms with Gasteiger partial charge in [-0.05, 0) is 44.0 Å². The van der Waals surface area contributed by atoms with Gasteiger partial charge in [0.25, 0.3) is 0 Å². The third kappa shape index (κ3) is 4.65. The SMILES string of the molecule is C[C@@H](NCCCCO)c1cccc(Cl)c1. The van der Waals surface area contributed by atoms with Crippen LogP contribution in [0.5, 0.6) is 0 Å². The Kier molecular flexibility index (Phi) is 5.69. The van der Waals surface area contributed by atoms with Gasteiger partial charge in [0.05, 0.1) is 0 Å². The van der Waals surface area contributed by atoms with Gasteiger partial charge in [-0.1, -0.05) is 23.7 Å². The molecule has 84 valence electrons. The summed E-state index contributed by atoms with van der Waals surface area (Å²) in [6, 6.07) is 8.19. The highest BCUT2D eigenvalue weighted by Gasteiger charge is 2.03. The highest BCUT2D eigenvalue weighted by atomic mass is 35.5. The predicted molar refractivity (Wildman–Crippen MR) is 64.2 cm³/mol. The van der Waals surface area contributed by atoms with Gasteiger partial charge >= 0.3 is 0 Å². The highest BCUT2D eigenvalue weighted by molar-refractivity contribution is 6.30. The average molecular weight is 228 g/mol. The zero-order valence-corrected chi connectivity index (χ0v) is 9.80. The minimum absolute atomic E-state index is 0.271. The maximum Gasteiger partial charge on any atom is 0.0431 e. The monoisotopic (exact) mass is 227 g/mol. The van der Waals surface area contributed by atoms with Crippen LogP contribution in [-0.2, 0) is 0 Å². The summed E-state index contributed by atoms with van der Waals surface area (Å²) in [5.74, 6) is 0.